The number of rotatable bonds is 5. The van der Waals surface area contributed by atoms with Gasteiger partial charge >= 0.3 is 0 Å². The first-order valence-electron chi connectivity index (χ1n) is 4.80. The summed E-state index contributed by atoms with van der Waals surface area (Å²) in [4.78, 5) is 0. The van der Waals surface area contributed by atoms with E-state index in [0.717, 1.165) is 18.4 Å². The molecule has 0 aliphatic carbocycles. The molecule has 0 aliphatic heterocycles. The smallest absolute Gasteiger partial charge is 0.119 e. The van der Waals surface area contributed by atoms with E-state index in [1.807, 2.05) is 20.8 Å². The highest BCUT2D eigenvalue weighted by Gasteiger charge is 1.94. The van der Waals surface area contributed by atoms with Gasteiger partial charge in [0.05, 0.1) is 0 Å². The maximum Gasteiger partial charge on any atom is 0.119 e. The topological polar surface area (TPSA) is 0 Å². The number of hydrogen-bond donors (Lipinski definition) is 0. The van der Waals surface area contributed by atoms with Crippen molar-refractivity contribution in [2.24, 2.45) is 5.92 Å². The van der Waals surface area contributed by atoms with Crippen LogP contribution >= 0.6 is 0 Å². The number of unbranched alkanes of at least 4 members (excludes halogenated alkanes) is 1. The monoisotopic (exact) mass is 182 g/mol. The molecule has 0 aromatic carbocycles. The van der Waals surface area contributed by atoms with Crippen LogP contribution < -0.4 is 0 Å². The van der Waals surface area contributed by atoms with Gasteiger partial charge in [-0.25, -0.2) is 4.39 Å². The largest absolute Gasteiger partial charge is 0.207 e. The molecule has 74 valence electrons. The Morgan fingerprint density at radius 1 is 1.38 bits per heavy atom. The van der Waals surface area contributed by atoms with Crippen molar-refractivity contribution in [1.29, 1.82) is 0 Å². The summed E-state index contributed by atoms with van der Waals surface area (Å²) in [5, 5.41) is 0. The first-order chi connectivity index (χ1) is 6.07. The Kier molecular flexibility index (Phi) is 6.21. The fourth-order valence-electron chi connectivity index (χ4n) is 0.729. The summed E-state index contributed by atoms with van der Waals surface area (Å²) in [5.74, 6) is 0.221. The maximum absolute atomic E-state index is 12.9. The highest BCUT2D eigenvalue weighted by molar-refractivity contribution is 5.23. The van der Waals surface area contributed by atoms with Crippen molar-refractivity contribution in [3.05, 3.63) is 36.2 Å². The van der Waals surface area contributed by atoms with Crippen molar-refractivity contribution in [2.45, 2.75) is 33.6 Å². The van der Waals surface area contributed by atoms with Crippen LogP contribution in [0.1, 0.15) is 33.6 Å². The Morgan fingerprint density at radius 3 is 2.46 bits per heavy atom. The fourth-order valence-corrected chi connectivity index (χ4v) is 0.729. The van der Waals surface area contributed by atoms with Crippen LogP contribution in [0.25, 0.3) is 0 Å². The summed E-state index contributed by atoms with van der Waals surface area (Å²) >= 11 is 0. The zero-order valence-electron chi connectivity index (χ0n) is 8.81. The molecule has 0 rings (SSSR count). The second-order valence-corrected chi connectivity index (χ2v) is 3.44. The van der Waals surface area contributed by atoms with Crippen LogP contribution in [0.5, 0.6) is 0 Å². The van der Waals surface area contributed by atoms with Gasteiger partial charge in [-0.15, -0.1) is 0 Å². The van der Waals surface area contributed by atoms with Crippen LogP contribution in [0.3, 0.4) is 0 Å². The van der Waals surface area contributed by atoms with Gasteiger partial charge < -0.3 is 0 Å². The SMILES string of the molecule is C=C(/C=C\C(F)=C/CCC)C(C)C. The molecule has 0 aliphatic rings. The van der Waals surface area contributed by atoms with Crippen molar-refractivity contribution in [1.82, 2.24) is 0 Å². The van der Waals surface area contributed by atoms with Gasteiger partial charge in [0.1, 0.15) is 5.83 Å². The predicted octanol–water partition coefficient (Wildman–Crippen LogP) is 4.41. The Morgan fingerprint density at radius 2 is 2.00 bits per heavy atom. The second-order valence-electron chi connectivity index (χ2n) is 3.44. The van der Waals surface area contributed by atoms with Crippen molar-refractivity contribution < 1.29 is 4.39 Å². The lowest BCUT2D eigenvalue weighted by Gasteiger charge is -2.01. The van der Waals surface area contributed by atoms with Crippen LogP contribution in [0, 0.1) is 5.92 Å². The van der Waals surface area contributed by atoms with Gasteiger partial charge in [-0.2, -0.15) is 0 Å². The van der Waals surface area contributed by atoms with Crippen molar-refractivity contribution in [3.8, 4) is 0 Å². The van der Waals surface area contributed by atoms with Gasteiger partial charge in [0.25, 0.3) is 0 Å². The molecule has 1 heteroatoms. The number of hydrogen-bond acceptors (Lipinski definition) is 0. The summed E-state index contributed by atoms with van der Waals surface area (Å²) in [7, 11) is 0. The normalized spacial score (nSPS) is 12.8. The van der Waals surface area contributed by atoms with E-state index in [-0.39, 0.29) is 5.83 Å². The molecule has 0 nitrogen and oxygen atoms in total. The minimum Gasteiger partial charge on any atom is -0.207 e. The molecular formula is C12H19F. The lowest BCUT2D eigenvalue weighted by Crippen LogP contribution is -1.86. The Hall–Kier alpha value is -0.850. The highest BCUT2D eigenvalue weighted by atomic mass is 19.1. The minimum absolute atomic E-state index is 0.163. The van der Waals surface area contributed by atoms with Gasteiger partial charge in [0.2, 0.25) is 0 Å². The zero-order chi connectivity index (χ0) is 10.3. The molecular weight excluding hydrogens is 163 g/mol. The third-order valence-electron chi connectivity index (χ3n) is 1.83. The molecule has 0 N–H and O–H groups in total. The van der Waals surface area contributed by atoms with E-state index >= 15 is 0 Å². The predicted molar refractivity (Wildman–Crippen MR) is 57.2 cm³/mol. The van der Waals surface area contributed by atoms with Crippen molar-refractivity contribution >= 4 is 0 Å². The Labute approximate surface area is 80.9 Å². The quantitative estimate of drug-likeness (QED) is 0.552. The van der Waals surface area contributed by atoms with E-state index in [2.05, 4.69) is 6.58 Å². The summed E-state index contributed by atoms with van der Waals surface area (Å²) in [5.41, 5.74) is 0.958. The third kappa shape index (κ3) is 6.32. The lowest BCUT2D eigenvalue weighted by molar-refractivity contribution is 0.657. The lowest BCUT2D eigenvalue weighted by atomic mass is 10.1. The number of halogens is 1. The summed E-state index contributed by atoms with van der Waals surface area (Å²) in [6, 6.07) is 0. The van der Waals surface area contributed by atoms with Crippen molar-refractivity contribution in [2.75, 3.05) is 0 Å². The van der Waals surface area contributed by atoms with Gasteiger partial charge in [0.15, 0.2) is 0 Å². The first-order valence-corrected chi connectivity index (χ1v) is 4.80. The van der Waals surface area contributed by atoms with E-state index in [4.69, 9.17) is 0 Å². The first kappa shape index (κ1) is 12.2. The molecule has 0 heterocycles. The van der Waals surface area contributed by atoms with Gasteiger partial charge in [-0.3, -0.25) is 0 Å². The molecule has 0 aromatic heterocycles. The van der Waals surface area contributed by atoms with Crippen LogP contribution in [0.15, 0.2) is 36.2 Å². The van der Waals surface area contributed by atoms with Gasteiger partial charge in [-0.1, -0.05) is 45.4 Å². The summed E-state index contributed by atoms with van der Waals surface area (Å²) in [6.45, 7) is 9.94. The fraction of sp³-hybridized carbons (Fsp3) is 0.500. The molecule has 0 atom stereocenters. The van der Waals surface area contributed by atoms with E-state index in [1.165, 1.54) is 6.08 Å². The summed E-state index contributed by atoms with van der Waals surface area (Å²) < 4.78 is 12.9. The van der Waals surface area contributed by atoms with Gasteiger partial charge in [-0.05, 0) is 24.5 Å². The number of allylic oxidation sites excluding steroid dienone is 5. The molecule has 0 aromatic rings. The van der Waals surface area contributed by atoms with Gasteiger partial charge in [0, 0.05) is 0 Å². The van der Waals surface area contributed by atoms with Crippen molar-refractivity contribution in [3.63, 3.8) is 0 Å². The average molecular weight is 182 g/mol. The van der Waals surface area contributed by atoms with E-state index < -0.39 is 0 Å². The van der Waals surface area contributed by atoms with Crippen LogP contribution in [-0.2, 0) is 0 Å². The maximum atomic E-state index is 12.9. The molecule has 0 saturated carbocycles. The average Bonchev–Trinajstić information content (AvgIpc) is 2.10. The van der Waals surface area contributed by atoms with Crippen LogP contribution in [0.4, 0.5) is 4.39 Å². The Bertz CT molecular complexity index is 209. The van der Waals surface area contributed by atoms with Crippen LogP contribution in [-0.4, -0.2) is 0 Å². The molecule has 0 saturated heterocycles. The minimum atomic E-state index is -0.163. The summed E-state index contributed by atoms with van der Waals surface area (Å²) in [6.07, 6.45) is 6.60. The molecule has 0 spiro atoms. The molecule has 0 amide bonds. The molecule has 0 bridgehead atoms. The van der Waals surface area contributed by atoms with E-state index in [1.54, 1.807) is 12.2 Å². The van der Waals surface area contributed by atoms with E-state index in [0.29, 0.717) is 5.92 Å². The van der Waals surface area contributed by atoms with Crippen LogP contribution in [0.2, 0.25) is 0 Å². The molecule has 13 heavy (non-hydrogen) atoms. The molecule has 0 fully saturated rings. The third-order valence-corrected chi connectivity index (χ3v) is 1.83. The molecule has 0 unspecified atom stereocenters. The zero-order valence-corrected chi connectivity index (χ0v) is 8.81. The standard InChI is InChI=1S/C12H19F/c1-5-6-7-12(13)9-8-11(4)10(2)3/h7-10H,4-6H2,1-3H3/b9-8-,12-7+. The highest BCUT2D eigenvalue weighted by Crippen LogP contribution is 2.10. The Balaban J connectivity index is 4.04. The second kappa shape index (κ2) is 6.64. The van der Waals surface area contributed by atoms with E-state index in [9.17, 15) is 4.39 Å². The molecule has 0 radical (unpaired) electrons.